The Morgan fingerprint density at radius 1 is 1.12 bits per heavy atom. The van der Waals surface area contributed by atoms with Crippen molar-refractivity contribution >= 4 is 5.91 Å². The molecule has 3 heterocycles. The van der Waals surface area contributed by atoms with E-state index in [1.165, 1.54) is 4.80 Å². The smallest absolute Gasteiger partial charge is 0.258 e. The molecule has 9 nitrogen and oxygen atoms in total. The minimum Gasteiger partial charge on any atom is -0.497 e. The van der Waals surface area contributed by atoms with Crippen LogP contribution in [-0.4, -0.2) is 49.6 Å². The largest absolute Gasteiger partial charge is 0.497 e. The third-order valence-corrected chi connectivity index (χ3v) is 5.95. The van der Waals surface area contributed by atoms with Gasteiger partial charge in [0.05, 0.1) is 36.8 Å². The Kier molecular flexibility index (Phi) is 5.37. The Hall–Kier alpha value is -4.01. The molecule has 0 saturated carbocycles. The Morgan fingerprint density at radius 3 is 2.73 bits per heavy atom. The predicted molar refractivity (Wildman–Crippen MR) is 120 cm³/mol. The number of ether oxygens (including phenoxy) is 1. The molecule has 168 valence electrons. The van der Waals surface area contributed by atoms with Gasteiger partial charge >= 0.3 is 0 Å². The zero-order valence-electron chi connectivity index (χ0n) is 18.7. The van der Waals surface area contributed by atoms with E-state index >= 15 is 0 Å². The molecule has 33 heavy (non-hydrogen) atoms. The van der Waals surface area contributed by atoms with Crippen LogP contribution < -0.4 is 4.74 Å². The molecule has 0 N–H and O–H groups in total. The van der Waals surface area contributed by atoms with Crippen LogP contribution in [0.1, 0.15) is 46.2 Å². The number of hydrogen-bond donors (Lipinski definition) is 0. The number of nitrogens with zero attached hydrogens (tertiary/aromatic N) is 6. The number of aromatic nitrogens is 5. The maximum absolute atomic E-state index is 13.7. The highest BCUT2D eigenvalue weighted by Crippen LogP contribution is 2.34. The average molecular weight is 444 g/mol. The topological polar surface area (TPSA) is 99.2 Å². The summed E-state index contributed by atoms with van der Waals surface area (Å²) in [6, 6.07) is 11.1. The standard InChI is InChI=1S/C24H24N6O3/c1-15-6-9-20(30-25-10-11-26-30)19(13-15)24(31)29-12-4-5-21(29)22-27-23(33-28-22)18-14-17(32-3)8-7-16(18)2/h6-11,13-14,21H,4-5,12H2,1-3H3/t21-/m0/s1. The van der Waals surface area contributed by atoms with Gasteiger partial charge in [-0.25, -0.2) is 0 Å². The van der Waals surface area contributed by atoms with E-state index in [1.54, 1.807) is 19.5 Å². The summed E-state index contributed by atoms with van der Waals surface area (Å²) in [6.45, 7) is 4.55. The molecule has 1 aliphatic heterocycles. The molecule has 0 aliphatic carbocycles. The molecule has 1 aliphatic rings. The van der Waals surface area contributed by atoms with Gasteiger partial charge in [-0.15, -0.1) is 0 Å². The van der Waals surface area contributed by atoms with Gasteiger partial charge in [0.2, 0.25) is 0 Å². The number of benzene rings is 2. The van der Waals surface area contributed by atoms with Crippen LogP contribution in [-0.2, 0) is 0 Å². The molecular formula is C24H24N6O3. The highest BCUT2D eigenvalue weighted by Gasteiger charge is 2.35. The Bertz CT molecular complexity index is 1300. The minimum absolute atomic E-state index is 0.0996. The van der Waals surface area contributed by atoms with E-state index in [2.05, 4.69) is 20.3 Å². The number of carbonyl (C=O) groups excluding carboxylic acids is 1. The average Bonchev–Trinajstić information content (AvgIpc) is 3.60. The van der Waals surface area contributed by atoms with E-state index in [9.17, 15) is 4.79 Å². The fourth-order valence-electron chi connectivity index (χ4n) is 4.21. The third kappa shape index (κ3) is 3.86. The fourth-order valence-corrected chi connectivity index (χ4v) is 4.21. The SMILES string of the molecule is COc1ccc(C)c(-c2nc([C@@H]3CCCN3C(=O)c3cc(C)ccc3-n3nccn3)no2)c1. The summed E-state index contributed by atoms with van der Waals surface area (Å²) in [4.78, 5) is 21.6. The molecule has 9 heteroatoms. The summed E-state index contributed by atoms with van der Waals surface area (Å²) in [7, 11) is 1.62. The first-order valence-corrected chi connectivity index (χ1v) is 10.8. The van der Waals surface area contributed by atoms with Gasteiger partial charge in [-0.3, -0.25) is 4.79 Å². The Morgan fingerprint density at radius 2 is 1.94 bits per heavy atom. The van der Waals surface area contributed by atoms with Gasteiger partial charge in [0.15, 0.2) is 5.82 Å². The second-order valence-corrected chi connectivity index (χ2v) is 8.13. The van der Waals surface area contributed by atoms with Crippen LogP contribution in [0.2, 0.25) is 0 Å². The lowest BCUT2D eigenvalue weighted by Crippen LogP contribution is -2.32. The molecule has 2 aromatic carbocycles. The molecule has 2 aromatic heterocycles. The second-order valence-electron chi connectivity index (χ2n) is 8.13. The van der Waals surface area contributed by atoms with Crippen molar-refractivity contribution in [3.05, 3.63) is 71.3 Å². The molecule has 0 bridgehead atoms. The van der Waals surface area contributed by atoms with Crippen LogP contribution in [0.15, 0.2) is 53.3 Å². The van der Waals surface area contributed by atoms with Gasteiger partial charge in [-0.1, -0.05) is 22.9 Å². The van der Waals surface area contributed by atoms with Crippen molar-refractivity contribution in [3.63, 3.8) is 0 Å². The van der Waals surface area contributed by atoms with Crippen molar-refractivity contribution < 1.29 is 14.1 Å². The van der Waals surface area contributed by atoms with Gasteiger partial charge < -0.3 is 14.2 Å². The van der Waals surface area contributed by atoms with E-state index in [-0.39, 0.29) is 11.9 Å². The van der Waals surface area contributed by atoms with Crippen LogP contribution in [0, 0.1) is 13.8 Å². The molecule has 1 amide bonds. The number of amides is 1. The Labute approximate surface area is 191 Å². The zero-order chi connectivity index (χ0) is 22.9. The van der Waals surface area contributed by atoms with Gasteiger partial charge in [0.1, 0.15) is 5.75 Å². The number of methoxy groups -OCH3 is 1. The van der Waals surface area contributed by atoms with E-state index in [4.69, 9.17) is 9.26 Å². The molecule has 4 aromatic rings. The molecular weight excluding hydrogens is 420 g/mol. The summed E-state index contributed by atoms with van der Waals surface area (Å²) >= 11 is 0. The normalized spacial score (nSPS) is 15.7. The molecule has 1 atom stereocenters. The van der Waals surface area contributed by atoms with E-state index in [0.29, 0.717) is 35.3 Å². The van der Waals surface area contributed by atoms with Crippen molar-refractivity contribution in [3.8, 4) is 22.9 Å². The maximum Gasteiger partial charge on any atom is 0.258 e. The predicted octanol–water partition coefficient (Wildman–Crippen LogP) is 3.92. The van der Waals surface area contributed by atoms with Crippen molar-refractivity contribution in [2.24, 2.45) is 0 Å². The van der Waals surface area contributed by atoms with Gasteiger partial charge in [-0.05, 0) is 56.5 Å². The highest BCUT2D eigenvalue weighted by molar-refractivity contribution is 5.98. The van der Waals surface area contributed by atoms with Crippen molar-refractivity contribution in [1.82, 2.24) is 30.0 Å². The number of likely N-dealkylation sites (tertiary alicyclic amines) is 1. The van der Waals surface area contributed by atoms with E-state index < -0.39 is 0 Å². The van der Waals surface area contributed by atoms with Crippen LogP contribution in [0.3, 0.4) is 0 Å². The van der Waals surface area contributed by atoms with Crippen molar-refractivity contribution in [2.75, 3.05) is 13.7 Å². The summed E-state index contributed by atoms with van der Waals surface area (Å²) in [5.41, 5.74) is 3.99. The lowest BCUT2D eigenvalue weighted by molar-refractivity contribution is 0.0728. The molecule has 0 unspecified atom stereocenters. The molecule has 0 radical (unpaired) electrons. The summed E-state index contributed by atoms with van der Waals surface area (Å²) in [5, 5.41) is 12.7. The van der Waals surface area contributed by atoms with Crippen LogP contribution in [0.25, 0.3) is 17.1 Å². The van der Waals surface area contributed by atoms with Gasteiger partial charge in [0, 0.05) is 12.1 Å². The number of carbonyl (C=O) groups is 1. The van der Waals surface area contributed by atoms with Crippen molar-refractivity contribution in [2.45, 2.75) is 32.7 Å². The van der Waals surface area contributed by atoms with E-state index in [0.717, 1.165) is 29.5 Å². The van der Waals surface area contributed by atoms with Crippen LogP contribution >= 0.6 is 0 Å². The second kappa shape index (κ2) is 8.50. The monoisotopic (exact) mass is 444 g/mol. The molecule has 0 spiro atoms. The molecule has 1 saturated heterocycles. The third-order valence-electron chi connectivity index (χ3n) is 5.95. The lowest BCUT2D eigenvalue weighted by Gasteiger charge is -2.23. The fraction of sp³-hybridized carbons (Fsp3) is 0.292. The summed E-state index contributed by atoms with van der Waals surface area (Å²) in [5.74, 6) is 1.53. The lowest BCUT2D eigenvalue weighted by atomic mass is 10.1. The van der Waals surface area contributed by atoms with Crippen LogP contribution in [0.5, 0.6) is 5.75 Å². The number of aryl methyl sites for hydroxylation is 2. The Balaban J connectivity index is 1.47. The maximum atomic E-state index is 13.7. The number of hydrogen-bond acceptors (Lipinski definition) is 7. The molecule has 1 fully saturated rings. The first kappa shape index (κ1) is 20.9. The zero-order valence-corrected chi connectivity index (χ0v) is 18.7. The quantitative estimate of drug-likeness (QED) is 0.460. The minimum atomic E-state index is -0.264. The molecule has 5 rings (SSSR count). The number of rotatable bonds is 5. The first-order chi connectivity index (χ1) is 16.0. The highest BCUT2D eigenvalue weighted by atomic mass is 16.5. The van der Waals surface area contributed by atoms with Crippen molar-refractivity contribution in [1.29, 1.82) is 0 Å². The van der Waals surface area contributed by atoms with Crippen LogP contribution in [0.4, 0.5) is 0 Å². The first-order valence-electron chi connectivity index (χ1n) is 10.8. The summed E-state index contributed by atoms with van der Waals surface area (Å²) < 4.78 is 10.9. The van der Waals surface area contributed by atoms with Gasteiger partial charge in [-0.2, -0.15) is 20.0 Å². The van der Waals surface area contributed by atoms with E-state index in [1.807, 2.05) is 55.1 Å². The van der Waals surface area contributed by atoms with Gasteiger partial charge in [0.25, 0.3) is 11.8 Å². The summed E-state index contributed by atoms with van der Waals surface area (Å²) in [6.07, 6.45) is 4.81.